The molecule has 0 aromatic heterocycles. The molecule has 2 atom stereocenters. The average molecular weight is 279 g/mol. The molecule has 2 aliphatic heterocycles. The predicted octanol–water partition coefficient (Wildman–Crippen LogP) is 2.48. The van der Waals surface area contributed by atoms with Crippen LogP contribution in [0.25, 0.3) is 0 Å². The predicted molar refractivity (Wildman–Crippen MR) is 75.9 cm³/mol. The van der Waals surface area contributed by atoms with Crippen molar-refractivity contribution in [1.82, 2.24) is 4.90 Å². The van der Waals surface area contributed by atoms with Gasteiger partial charge in [-0.25, -0.2) is 8.42 Å². The highest BCUT2D eigenvalue weighted by atomic mass is 32.2. The molecular weight excluding hydrogens is 258 g/mol. The molecule has 0 bridgehead atoms. The molecule has 0 unspecified atom stereocenters. The molecule has 0 amide bonds. The number of sulfone groups is 1. The first-order valence-electron chi connectivity index (χ1n) is 7.21. The molecule has 4 heteroatoms. The lowest BCUT2D eigenvalue weighted by molar-refractivity contribution is 0.110. The Bertz CT molecular complexity index is 526. The maximum atomic E-state index is 12.6. The zero-order valence-electron chi connectivity index (χ0n) is 11.2. The minimum Gasteiger partial charge on any atom is -0.300 e. The average Bonchev–Trinajstić information content (AvgIpc) is 2.47. The maximum Gasteiger partial charge on any atom is 0.181 e. The summed E-state index contributed by atoms with van der Waals surface area (Å²) in [4.78, 5) is 2.98. The van der Waals surface area contributed by atoms with Crippen molar-refractivity contribution in [3.63, 3.8) is 0 Å². The molecule has 2 fully saturated rings. The van der Waals surface area contributed by atoms with Crippen LogP contribution in [-0.2, 0) is 9.84 Å². The van der Waals surface area contributed by atoms with Crippen molar-refractivity contribution in [2.75, 3.05) is 13.1 Å². The Kier molecular flexibility index (Phi) is 3.63. The van der Waals surface area contributed by atoms with Crippen molar-refractivity contribution in [1.29, 1.82) is 0 Å². The van der Waals surface area contributed by atoms with Gasteiger partial charge in [0.05, 0.1) is 10.1 Å². The summed E-state index contributed by atoms with van der Waals surface area (Å²) in [7, 11) is -3.14. The number of rotatable bonds is 2. The zero-order valence-corrected chi connectivity index (χ0v) is 12.0. The van der Waals surface area contributed by atoms with Crippen molar-refractivity contribution < 1.29 is 8.42 Å². The maximum absolute atomic E-state index is 12.6. The third-order valence-electron chi connectivity index (χ3n) is 4.53. The van der Waals surface area contributed by atoms with Crippen LogP contribution in [0.5, 0.6) is 0 Å². The topological polar surface area (TPSA) is 37.4 Å². The van der Waals surface area contributed by atoms with Crippen molar-refractivity contribution in [3.8, 4) is 0 Å². The lowest BCUT2D eigenvalue weighted by atomic mass is 9.93. The summed E-state index contributed by atoms with van der Waals surface area (Å²) >= 11 is 0. The number of nitrogens with zero attached hydrogens (tertiary/aromatic N) is 1. The Morgan fingerprint density at radius 3 is 2.58 bits per heavy atom. The molecule has 2 saturated heterocycles. The molecule has 104 valence electrons. The van der Waals surface area contributed by atoms with Gasteiger partial charge in [0.25, 0.3) is 0 Å². The molecule has 1 aromatic carbocycles. The lowest BCUT2D eigenvalue weighted by Gasteiger charge is -2.42. The summed E-state index contributed by atoms with van der Waals surface area (Å²) in [5.74, 6) is 0. The monoisotopic (exact) mass is 279 g/mol. The fourth-order valence-corrected chi connectivity index (χ4v) is 5.25. The Labute approximate surface area is 115 Å². The largest absolute Gasteiger partial charge is 0.300 e. The minimum atomic E-state index is -3.14. The molecule has 0 saturated carbocycles. The second-order valence-corrected chi connectivity index (χ2v) is 7.92. The molecule has 0 radical (unpaired) electrons. The van der Waals surface area contributed by atoms with Crippen LogP contribution < -0.4 is 0 Å². The summed E-state index contributed by atoms with van der Waals surface area (Å²) in [5, 5.41) is -0.186. The van der Waals surface area contributed by atoms with Crippen molar-refractivity contribution in [3.05, 3.63) is 30.3 Å². The molecule has 1 aromatic rings. The van der Waals surface area contributed by atoms with Gasteiger partial charge in [-0.3, -0.25) is 0 Å². The van der Waals surface area contributed by atoms with Crippen LogP contribution >= 0.6 is 0 Å². The Hall–Kier alpha value is -0.870. The fourth-order valence-electron chi connectivity index (χ4n) is 3.44. The highest BCUT2D eigenvalue weighted by molar-refractivity contribution is 7.92. The van der Waals surface area contributed by atoms with Gasteiger partial charge < -0.3 is 4.90 Å². The van der Waals surface area contributed by atoms with Gasteiger partial charge in [-0.1, -0.05) is 24.6 Å². The SMILES string of the molecule is O=S(=O)(c1ccccc1)[C@@H]1CCN2CCCC[C@@H]2C1. The Morgan fingerprint density at radius 1 is 1.00 bits per heavy atom. The van der Waals surface area contributed by atoms with Crippen LogP contribution in [0.1, 0.15) is 32.1 Å². The van der Waals surface area contributed by atoms with Gasteiger partial charge in [0.1, 0.15) is 0 Å². The summed E-state index contributed by atoms with van der Waals surface area (Å²) in [5.41, 5.74) is 0. The van der Waals surface area contributed by atoms with Crippen LogP contribution in [0.15, 0.2) is 35.2 Å². The van der Waals surface area contributed by atoms with Crippen molar-refractivity contribution in [2.45, 2.75) is 48.3 Å². The molecule has 2 aliphatic rings. The van der Waals surface area contributed by atoms with Gasteiger partial charge >= 0.3 is 0 Å². The molecule has 0 N–H and O–H groups in total. The van der Waals surface area contributed by atoms with E-state index in [1.807, 2.05) is 18.2 Å². The van der Waals surface area contributed by atoms with Gasteiger partial charge in [0.15, 0.2) is 9.84 Å². The van der Waals surface area contributed by atoms with Gasteiger partial charge in [-0.2, -0.15) is 0 Å². The van der Waals surface area contributed by atoms with Gasteiger partial charge in [-0.05, 0) is 50.9 Å². The molecule has 3 nitrogen and oxygen atoms in total. The van der Waals surface area contributed by atoms with Gasteiger partial charge in [0.2, 0.25) is 0 Å². The summed E-state index contributed by atoms with van der Waals surface area (Å²) in [6, 6.07) is 9.42. The summed E-state index contributed by atoms with van der Waals surface area (Å²) < 4.78 is 25.3. The van der Waals surface area contributed by atoms with Crippen LogP contribution in [0.3, 0.4) is 0 Å². The van der Waals surface area contributed by atoms with E-state index in [1.54, 1.807) is 12.1 Å². The highest BCUT2D eigenvalue weighted by Crippen LogP contribution is 2.31. The van der Waals surface area contributed by atoms with E-state index >= 15 is 0 Å². The first kappa shape index (κ1) is 13.1. The Balaban J connectivity index is 1.79. The zero-order chi connectivity index (χ0) is 13.3. The molecule has 0 spiro atoms. The molecule has 3 rings (SSSR count). The normalized spacial score (nSPS) is 28.8. The van der Waals surface area contributed by atoms with Crippen molar-refractivity contribution in [2.24, 2.45) is 0 Å². The minimum absolute atomic E-state index is 0.186. The van der Waals surface area contributed by atoms with Crippen LogP contribution in [0.2, 0.25) is 0 Å². The van der Waals surface area contributed by atoms with E-state index in [4.69, 9.17) is 0 Å². The molecule has 0 aliphatic carbocycles. The van der Waals surface area contributed by atoms with Gasteiger partial charge in [0, 0.05) is 6.04 Å². The smallest absolute Gasteiger partial charge is 0.181 e. The van der Waals surface area contributed by atoms with E-state index in [0.29, 0.717) is 10.9 Å². The van der Waals surface area contributed by atoms with E-state index in [9.17, 15) is 8.42 Å². The van der Waals surface area contributed by atoms with E-state index < -0.39 is 9.84 Å². The third kappa shape index (κ3) is 2.56. The van der Waals surface area contributed by atoms with Crippen LogP contribution in [0, 0.1) is 0 Å². The summed E-state index contributed by atoms with van der Waals surface area (Å²) in [6.07, 6.45) is 5.29. The van der Waals surface area contributed by atoms with Gasteiger partial charge in [-0.15, -0.1) is 0 Å². The second kappa shape index (κ2) is 5.25. The molecule has 2 heterocycles. The fraction of sp³-hybridized carbons (Fsp3) is 0.600. The second-order valence-electron chi connectivity index (χ2n) is 5.69. The lowest BCUT2D eigenvalue weighted by Crippen LogP contribution is -2.48. The first-order valence-corrected chi connectivity index (χ1v) is 8.75. The summed E-state index contributed by atoms with van der Waals surface area (Å²) in [6.45, 7) is 2.10. The highest BCUT2D eigenvalue weighted by Gasteiger charge is 2.37. The number of fused-ring (bicyclic) bond motifs is 1. The number of hydrogen-bond acceptors (Lipinski definition) is 3. The standard InChI is InChI=1S/C15H21NO2S/c17-19(18,14-7-2-1-3-8-14)15-9-11-16-10-5-4-6-13(16)12-15/h1-3,7-8,13,15H,4-6,9-12H2/t13-,15-/m1/s1. The quantitative estimate of drug-likeness (QED) is 0.834. The molecule has 19 heavy (non-hydrogen) atoms. The Morgan fingerprint density at radius 2 is 1.79 bits per heavy atom. The van der Waals surface area contributed by atoms with E-state index in [2.05, 4.69) is 4.90 Å². The van der Waals surface area contributed by atoms with E-state index in [0.717, 1.165) is 25.9 Å². The first-order chi connectivity index (χ1) is 9.18. The number of piperidine rings is 2. The third-order valence-corrected chi connectivity index (χ3v) is 6.77. The number of hydrogen-bond donors (Lipinski definition) is 0. The van der Waals surface area contributed by atoms with Crippen LogP contribution in [0.4, 0.5) is 0 Å². The van der Waals surface area contributed by atoms with Crippen molar-refractivity contribution >= 4 is 9.84 Å². The van der Waals surface area contributed by atoms with E-state index in [-0.39, 0.29) is 5.25 Å². The van der Waals surface area contributed by atoms with E-state index in [1.165, 1.54) is 19.3 Å². The molecular formula is C15H21NO2S. The number of benzene rings is 1. The van der Waals surface area contributed by atoms with Crippen LogP contribution in [-0.4, -0.2) is 37.7 Å².